The summed E-state index contributed by atoms with van der Waals surface area (Å²) in [4.78, 5) is 22.3. The molecule has 0 unspecified atom stereocenters. The molecule has 7 heteroatoms. The van der Waals surface area contributed by atoms with Crippen LogP contribution < -0.4 is 4.90 Å². The lowest BCUT2D eigenvalue weighted by atomic mass is 9.95. The normalized spacial score (nSPS) is 16.2. The van der Waals surface area contributed by atoms with E-state index in [0.717, 1.165) is 70.8 Å². The summed E-state index contributed by atoms with van der Waals surface area (Å²) in [6.07, 6.45) is 8.58. The molecule has 4 aromatic rings. The molecule has 0 atom stereocenters. The zero-order valence-electron chi connectivity index (χ0n) is 19.7. The molecule has 4 heterocycles. The number of carboxylic acids is 1. The third-order valence-electron chi connectivity index (χ3n) is 6.99. The van der Waals surface area contributed by atoms with Crippen LogP contribution in [0.4, 0.5) is 5.69 Å². The van der Waals surface area contributed by atoms with Crippen LogP contribution in [0.15, 0.2) is 53.2 Å². The van der Waals surface area contributed by atoms with Crippen LogP contribution in [0.3, 0.4) is 0 Å². The maximum atomic E-state index is 11.3. The van der Waals surface area contributed by atoms with Gasteiger partial charge in [0.2, 0.25) is 0 Å². The molecule has 0 bridgehead atoms. The Morgan fingerprint density at radius 2 is 2.00 bits per heavy atom. The first-order chi connectivity index (χ1) is 17.0. The van der Waals surface area contributed by atoms with Crippen LogP contribution in [-0.4, -0.2) is 39.3 Å². The Hall–Kier alpha value is -4.00. The van der Waals surface area contributed by atoms with Crippen molar-refractivity contribution in [1.82, 2.24) is 15.1 Å². The molecule has 0 radical (unpaired) electrons. The fourth-order valence-electron chi connectivity index (χ4n) is 4.81. The van der Waals surface area contributed by atoms with E-state index in [1.165, 1.54) is 0 Å². The van der Waals surface area contributed by atoms with Crippen LogP contribution in [0.2, 0.25) is 0 Å². The summed E-state index contributed by atoms with van der Waals surface area (Å²) >= 11 is 0. The molecular formula is C28H26N4O3. The van der Waals surface area contributed by atoms with E-state index in [-0.39, 0.29) is 5.69 Å². The molecule has 0 amide bonds. The summed E-state index contributed by atoms with van der Waals surface area (Å²) < 4.78 is 5.80. The molecule has 2 fully saturated rings. The van der Waals surface area contributed by atoms with Gasteiger partial charge in [0.05, 0.1) is 5.52 Å². The van der Waals surface area contributed by atoms with Gasteiger partial charge in [-0.05, 0) is 68.7 Å². The van der Waals surface area contributed by atoms with Crippen molar-refractivity contribution in [2.75, 3.05) is 18.0 Å². The highest BCUT2D eigenvalue weighted by molar-refractivity contribution is 5.92. The summed E-state index contributed by atoms with van der Waals surface area (Å²) in [5.74, 6) is 0.899. The number of anilines is 1. The van der Waals surface area contributed by atoms with E-state index in [2.05, 4.69) is 44.3 Å². The molecule has 7 nitrogen and oxygen atoms in total. The van der Waals surface area contributed by atoms with Crippen molar-refractivity contribution in [3.8, 4) is 11.3 Å². The highest BCUT2D eigenvalue weighted by Gasteiger charge is 2.32. The Kier molecular flexibility index (Phi) is 5.13. The number of rotatable bonds is 6. The highest BCUT2D eigenvalue weighted by atomic mass is 16.5. The second kappa shape index (κ2) is 8.34. The Bertz CT molecular complexity index is 1480. The molecule has 0 spiro atoms. The minimum absolute atomic E-state index is 0.0806. The van der Waals surface area contributed by atoms with Gasteiger partial charge in [0.25, 0.3) is 0 Å². The van der Waals surface area contributed by atoms with Crippen LogP contribution in [0.1, 0.15) is 51.8 Å². The van der Waals surface area contributed by atoms with Crippen molar-refractivity contribution in [2.45, 2.75) is 32.6 Å². The van der Waals surface area contributed by atoms with Crippen LogP contribution in [0.25, 0.3) is 28.2 Å². The van der Waals surface area contributed by atoms with Crippen LogP contribution in [0.5, 0.6) is 0 Å². The molecule has 1 saturated carbocycles. The number of aromatic carboxylic acids is 1. The number of aromatic nitrogens is 3. The standard InChI is InChI=1S/C28H26N4O3/c1-16-12-25(28(33)34)30-24-10-8-20(13-23(16)24)32-14-18(15-32)5-9-22-26(21-4-3-11-29-17(21)2)31-35-27(22)19-6-7-19/h3-5,8-13,18-19H,6-7,14-15H2,1-2H3,(H,33,34)/b9-5+. The van der Waals surface area contributed by atoms with Gasteiger partial charge in [0.15, 0.2) is 0 Å². The maximum absolute atomic E-state index is 11.3. The number of carbonyl (C=O) groups is 1. The predicted octanol–water partition coefficient (Wildman–Crippen LogP) is 5.63. The Balaban J connectivity index is 1.21. The van der Waals surface area contributed by atoms with Gasteiger partial charge in [0, 0.05) is 59.0 Å². The molecule has 35 heavy (non-hydrogen) atoms. The number of pyridine rings is 2. The molecule has 1 aliphatic carbocycles. The van der Waals surface area contributed by atoms with E-state index in [9.17, 15) is 9.90 Å². The molecule has 176 valence electrons. The number of nitrogens with zero attached hydrogens (tertiary/aromatic N) is 4. The number of hydrogen-bond acceptors (Lipinski definition) is 6. The van der Waals surface area contributed by atoms with E-state index in [0.29, 0.717) is 17.4 Å². The van der Waals surface area contributed by atoms with Gasteiger partial charge in [-0.2, -0.15) is 0 Å². The predicted molar refractivity (Wildman–Crippen MR) is 135 cm³/mol. The molecular weight excluding hydrogens is 440 g/mol. The van der Waals surface area contributed by atoms with Gasteiger partial charge in [0.1, 0.15) is 17.1 Å². The quantitative estimate of drug-likeness (QED) is 0.394. The van der Waals surface area contributed by atoms with E-state index in [1.54, 1.807) is 12.3 Å². The lowest BCUT2D eigenvalue weighted by molar-refractivity contribution is 0.0691. The number of carboxylic acid groups (broad SMARTS) is 1. The van der Waals surface area contributed by atoms with Crippen LogP contribution >= 0.6 is 0 Å². The fourth-order valence-corrected chi connectivity index (χ4v) is 4.81. The van der Waals surface area contributed by atoms with E-state index in [4.69, 9.17) is 4.52 Å². The molecule has 6 rings (SSSR count). The smallest absolute Gasteiger partial charge is 0.354 e. The number of hydrogen-bond donors (Lipinski definition) is 1. The van der Waals surface area contributed by atoms with Gasteiger partial charge in [-0.15, -0.1) is 0 Å². The summed E-state index contributed by atoms with van der Waals surface area (Å²) in [5, 5.41) is 14.7. The van der Waals surface area contributed by atoms with E-state index >= 15 is 0 Å². The van der Waals surface area contributed by atoms with Gasteiger partial charge >= 0.3 is 5.97 Å². The third-order valence-corrected chi connectivity index (χ3v) is 6.99. The molecule has 1 N–H and O–H groups in total. The summed E-state index contributed by atoms with van der Waals surface area (Å²) in [5.41, 5.74) is 6.77. The minimum atomic E-state index is -1.00. The molecule has 1 aromatic carbocycles. The first-order valence-corrected chi connectivity index (χ1v) is 12.0. The minimum Gasteiger partial charge on any atom is -0.477 e. The third kappa shape index (κ3) is 3.97. The lowest BCUT2D eigenvalue weighted by Gasteiger charge is -2.39. The molecule has 2 aliphatic rings. The van der Waals surface area contributed by atoms with Crippen molar-refractivity contribution >= 4 is 28.6 Å². The van der Waals surface area contributed by atoms with E-state index < -0.39 is 5.97 Å². The van der Waals surface area contributed by atoms with E-state index in [1.807, 2.05) is 32.0 Å². The first-order valence-electron chi connectivity index (χ1n) is 12.0. The van der Waals surface area contributed by atoms with Crippen LogP contribution in [0, 0.1) is 19.8 Å². The summed E-state index contributed by atoms with van der Waals surface area (Å²) in [6.45, 7) is 5.78. The van der Waals surface area contributed by atoms with Gasteiger partial charge < -0.3 is 14.5 Å². The average Bonchev–Trinajstić information content (AvgIpc) is 3.58. The Morgan fingerprint density at radius 3 is 2.74 bits per heavy atom. The summed E-state index contributed by atoms with van der Waals surface area (Å²) in [7, 11) is 0. The highest BCUT2D eigenvalue weighted by Crippen LogP contribution is 2.45. The monoisotopic (exact) mass is 466 g/mol. The van der Waals surface area contributed by atoms with Crippen molar-refractivity contribution in [3.63, 3.8) is 0 Å². The van der Waals surface area contributed by atoms with Crippen molar-refractivity contribution in [3.05, 3.63) is 76.9 Å². The second-order valence-corrected chi connectivity index (χ2v) is 9.57. The fraction of sp³-hybridized carbons (Fsp3) is 0.286. The maximum Gasteiger partial charge on any atom is 0.354 e. The second-order valence-electron chi connectivity index (χ2n) is 9.57. The molecule has 1 aliphatic heterocycles. The average molecular weight is 467 g/mol. The largest absolute Gasteiger partial charge is 0.477 e. The first kappa shape index (κ1) is 21.5. The van der Waals surface area contributed by atoms with Crippen molar-refractivity contribution in [2.24, 2.45) is 5.92 Å². The number of fused-ring (bicyclic) bond motifs is 1. The Morgan fingerprint density at radius 1 is 1.17 bits per heavy atom. The van der Waals surface area contributed by atoms with Gasteiger partial charge in [-0.25, -0.2) is 9.78 Å². The number of aryl methyl sites for hydroxylation is 2. The summed E-state index contributed by atoms with van der Waals surface area (Å²) in [6, 6.07) is 11.7. The van der Waals surface area contributed by atoms with Crippen molar-refractivity contribution in [1.29, 1.82) is 0 Å². The van der Waals surface area contributed by atoms with Crippen molar-refractivity contribution < 1.29 is 14.4 Å². The topological polar surface area (TPSA) is 92.4 Å². The van der Waals surface area contributed by atoms with Gasteiger partial charge in [-0.3, -0.25) is 4.98 Å². The zero-order chi connectivity index (χ0) is 24.1. The van der Waals surface area contributed by atoms with Gasteiger partial charge in [-0.1, -0.05) is 17.3 Å². The SMILES string of the molecule is Cc1ncccc1-c1noc(C2CC2)c1/C=C/C1CN(c2ccc3nc(C(=O)O)cc(C)c3c2)C1. The molecule has 1 saturated heterocycles. The molecule has 3 aromatic heterocycles. The lowest BCUT2D eigenvalue weighted by Crippen LogP contribution is -2.45. The van der Waals surface area contributed by atoms with Crippen LogP contribution in [-0.2, 0) is 0 Å². The zero-order valence-corrected chi connectivity index (χ0v) is 19.7. The Labute approximate surface area is 203 Å². The number of benzene rings is 1.